The lowest BCUT2D eigenvalue weighted by atomic mass is 9.74. The molecule has 2 saturated heterocycles. The summed E-state index contributed by atoms with van der Waals surface area (Å²) in [4.78, 5) is 0. The number of nitrogens with one attached hydrogen (secondary N) is 2. The molecule has 2 aliphatic heterocycles. The summed E-state index contributed by atoms with van der Waals surface area (Å²) in [5.74, 6) is 1.41. The van der Waals surface area contributed by atoms with E-state index in [1.165, 1.54) is 63.9 Å². The Balaban J connectivity index is 2.16. The number of rotatable bonds is 6. The van der Waals surface area contributed by atoms with Crippen molar-refractivity contribution in [1.82, 2.24) is 10.6 Å². The van der Waals surface area contributed by atoms with Crippen LogP contribution >= 0.6 is 15.8 Å². The van der Waals surface area contributed by atoms with E-state index in [2.05, 4.69) is 106 Å². The summed E-state index contributed by atoms with van der Waals surface area (Å²) >= 11 is 0. The van der Waals surface area contributed by atoms with Crippen molar-refractivity contribution in [2.45, 2.75) is 167 Å². The fourth-order valence-electron chi connectivity index (χ4n) is 6.74. The smallest absolute Gasteiger partial charge is 0.0286 e. The van der Waals surface area contributed by atoms with Gasteiger partial charge in [0.05, 0.1) is 0 Å². The molecule has 0 saturated carbocycles. The molecule has 38 heavy (non-hydrogen) atoms. The Morgan fingerprint density at radius 3 is 1.32 bits per heavy atom. The van der Waals surface area contributed by atoms with Gasteiger partial charge in [-0.1, -0.05) is 124 Å². The van der Waals surface area contributed by atoms with Crippen molar-refractivity contribution in [3.8, 4) is 0 Å². The first-order chi connectivity index (χ1) is 17.4. The Labute approximate surface area is 240 Å². The van der Waals surface area contributed by atoms with Crippen LogP contribution in [0.15, 0.2) is 12.1 Å². The first kappa shape index (κ1) is 32.5. The standard InChI is InChI=1S/C34H62N2P2/c1-31(2,3)27-21-25(23-37(29-17-13-15-19-35-29)30-18-14-16-20-36-30)26(22-28(27)32(4,5)6)24-38(33(7,8)9)34(10,11)12/h21-22,29-30,35-36H,13-20,23-24H2,1-12H3. The van der Waals surface area contributed by atoms with Crippen molar-refractivity contribution in [3.63, 3.8) is 0 Å². The van der Waals surface area contributed by atoms with Crippen LogP contribution in [0.3, 0.4) is 0 Å². The predicted molar refractivity (Wildman–Crippen MR) is 176 cm³/mol. The van der Waals surface area contributed by atoms with Crippen LogP contribution in [0, 0.1) is 0 Å². The molecule has 2 nitrogen and oxygen atoms in total. The normalized spacial score (nSPS) is 23.1. The molecule has 0 spiro atoms. The first-order valence-electron chi connectivity index (χ1n) is 15.6. The number of benzene rings is 1. The van der Waals surface area contributed by atoms with Crippen molar-refractivity contribution in [1.29, 1.82) is 0 Å². The van der Waals surface area contributed by atoms with E-state index in [4.69, 9.17) is 0 Å². The highest BCUT2D eigenvalue weighted by atomic mass is 31.1. The molecule has 2 atom stereocenters. The SMILES string of the molecule is CC(C)(C)c1cc(CP(C2CCCCN2)C2CCCCN2)c(CP(C(C)(C)C)C(C)(C)C)cc1C(C)(C)C. The summed E-state index contributed by atoms with van der Waals surface area (Å²) in [6, 6.07) is 5.40. The maximum absolute atomic E-state index is 4.02. The third-order valence-electron chi connectivity index (χ3n) is 8.63. The average Bonchev–Trinajstić information content (AvgIpc) is 2.79. The molecule has 0 aromatic heterocycles. The van der Waals surface area contributed by atoms with E-state index in [1.54, 1.807) is 22.3 Å². The van der Waals surface area contributed by atoms with E-state index < -0.39 is 0 Å². The highest BCUT2D eigenvalue weighted by Gasteiger charge is 2.37. The minimum atomic E-state index is -0.199. The fraction of sp³-hybridized carbons (Fsp3) is 0.824. The van der Waals surface area contributed by atoms with Gasteiger partial charge in [0, 0.05) is 11.6 Å². The van der Waals surface area contributed by atoms with E-state index in [9.17, 15) is 0 Å². The lowest BCUT2D eigenvalue weighted by molar-refractivity contribution is 0.456. The van der Waals surface area contributed by atoms with Crippen LogP contribution in [0.25, 0.3) is 0 Å². The van der Waals surface area contributed by atoms with Gasteiger partial charge in [0.1, 0.15) is 0 Å². The molecule has 2 unspecified atom stereocenters. The number of hydrogen-bond donors (Lipinski definition) is 2. The molecule has 2 aliphatic rings. The summed E-state index contributed by atoms with van der Waals surface area (Å²) in [5.41, 5.74) is 6.76. The van der Waals surface area contributed by atoms with Crippen molar-refractivity contribution < 1.29 is 0 Å². The lowest BCUT2D eigenvalue weighted by Crippen LogP contribution is -2.41. The zero-order valence-corrected chi connectivity index (χ0v) is 29.1. The maximum Gasteiger partial charge on any atom is 0.0286 e. The Morgan fingerprint density at radius 2 is 1.00 bits per heavy atom. The van der Waals surface area contributed by atoms with Gasteiger partial charge in [-0.3, -0.25) is 0 Å². The highest BCUT2D eigenvalue weighted by Crippen LogP contribution is 2.62. The van der Waals surface area contributed by atoms with E-state index in [0.29, 0.717) is 21.9 Å². The van der Waals surface area contributed by atoms with Crippen LogP contribution in [0.1, 0.15) is 144 Å². The molecule has 0 radical (unpaired) electrons. The summed E-state index contributed by atoms with van der Waals surface area (Å²) in [7, 11) is -0.371. The lowest BCUT2D eigenvalue weighted by Gasteiger charge is -2.43. The van der Waals surface area contributed by atoms with Crippen molar-refractivity contribution >= 4 is 15.8 Å². The molecule has 3 rings (SSSR count). The van der Waals surface area contributed by atoms with Gasteiger partial charge in [0.2, 0.25) is 0 Å². The number of piperidine rings is 2. The second-order valence-corrected chi connectivity index (χ2v) is 22.6. The van der Waals surface area contributed by atoms with Crippen LogP contribution < -0.4 is 10.6 Å². The molecular formula is C34H62N2P2. The van der Waals surface area contributed by atoms with Gasteiger partial charge in [0.25, 0.3) is 0 Å². The second kappa shape index (κ2) is 12.5. The van der Waals surface area contributed by atoms with Gasteiger partial charge in [-0.25, -0.2) is 0 Å². The Kier molecular flexibility index (Phi) is 10.7. The molecule has 2 N–H and O–H groups in total. The molecule has 1 aromatic rings. The molecule has 0 aliphatic carbocycles. The van der Waals surface area contributed by atoms with E-state index >= 15 is 0 Å². The molecular weight excluding hydrogens is 498 g/mol. The number of hydrogen-bond acceptors (Lipinski definition) is 2. The van der Waals surface area contributed by atoms with E-state index in [1.807, 2.05) is 0 Å². The second-order valence-electron chi connectivity index (χ2n) is 16.2. The maximum atomic E-state index is 4.02. The van der Waals surface area contributed by atoms with Crippen LogP contribution in [-0.4, -0.2) is 35.0 Å². The van der Waals surface area contributed by atoms with Gasteiger partial charge in [-0.15, -0.1) is 0 Å². The van der Waals surface area contributed by atoms with Crippen LogP contribution in [0.4, 0.5) is 0 Å². The topological polar surface area (TPSA) is 24.1 Å². The van der Waals surface area contributed by atoms with Crippen LogP contribution in [-0.2, 0) is 23.2 Å². The molecule has 2 heterocycles. The van der Waals surface area contributed by atoms with Crippen molar-refractivity contribution in [2.75, 3.05) is 13.1 Å². The Bertz CT molecular complexity index is 867. The van der Waals surface area contributed by atoms with Crippen molar-refractivity contribution in [2.24, 2.45) is 0 Å². The van der Waals surface area contributed by atoms with Crippen molar-refractivity contribution in [3.05, 3.63) is 34.4 Å². The predicted octanol–water partition coefficient (Wildman–Crippen LogP) is 10.0. The molecule has 4 heteroatoms. The molecule has 0 bridgehead atoms. The monoisotopic (exact) mass is 560 g/mol. The molecule has 0 amide bonds. The van der Waals surface area contributed by atoms with Gasteiger partial charge in [0.15, 0.2) is 0 Å². The van der Waals surface area contributed by atoms with Gasteiger partial charge in [-0.2, -0.15) is 0 Å². The highest BCUT2D eigenvalue weighted by molar-refractivity contribution is 7.60. The van der Waals surface area contributed by atoms with Gasteiger partial charge in [-0.05, 0) is 94.5 Å². The summed E-state index contributed by atoms with van der Waals surface area (Å²) < 4.78 is 0. The van der Waals surface area contributed by atoms with E-state index in [0.717, 1.165) is 0 Å². The van der Waals surface area contributed by atoms with Crippen LogP contribution in [0.5, 0.6) is 0 Å². The molecule has 218 valence electrons. The first-order valence-corrected chi connectivity index (χ1v) is 18.8. The van der Waals surface area contributed by atoms with Crippen LogP contribution in [0.2, 0.25) is 0 Å². The fourth-order valence-corrected chi connectivity index (χ4v) is 13.7. The van der Waals surface area contributed by atoms with Gasteiger partial charge < -0.3 is 10.6 Å². The molecule has 1 aromatic carbocycles. The minimum absolute atomic E-state index is 0.142. The largest absolute Gasteiger partial charge is 0.310 e. The average molecular weight is 561 g/mol. The van der Waals surface area contributed by atoms with Gasteiger partial charge >= 0.3 is 0 Å². The third kappa shape index (κ3) is 8.51. The minimum Gasteiger partial charge on any atom is -0.310 e. The van der Waals surface area contributed by atoms with E-state index in [-0.39, 0.29) is 26.7 Å². The Hall–Kier alpha value is -0.0000000000000000555. The third-order valence-corrected chi connectivity index (χ3v) is 15.7. The zero-order chi connectivity index (χ0) is 28.5. The zero-order valence-electron chi connectivity index (χ0n) is 27.3. The molecule has 2 fully saturated rings. The summed E-state index contributed by atoms with van der Waals surface area (Å²) in [6.45, 7) is 31.9. The summed E-state index contributed by atoms with van der Waals surface area (Å²) in [6.07, 6.45) is 10.7. The quantitative estimate of drug-likeness (QED) is 0.338. The summed E-state index contributed by atoms with van der Waals surface area (Å²) in [5, 5.41) is 8.70. The Morgan fingerprint density at radius 1 is 0.605 bits per heavy atom.